The zero-order valence-corrected chi connectivity index (χ0v) is 13.4. The zero-order chi connectivity index (χ0) is 15.5. The predicted octanol–water partition coefficient (Wildman–Crippen LogP) is 4.55. The molecule has 1 aromatic carbocycles. The summed E-state index contributed by atoms with van der Waals surface area (Å²) in [5, 5.41) is 4.92. The van der Waals surface area contributed by atoms with Gasteiger partial charge < -0.3 is 9.73 Å². The Kier molecular flexibility index (Phi) is 4.11. The number of hydrogen-bond acceptors (Lipinski definition) is 3. The summed E-state index contributed by atoms with van der Waals surface area (Å²) in [4.78, 5) is 13.3. The minimum absolute atomic E-state index is 0.0772. The summed E-state index contributed by atoms with van der Waals surface area (Å²) in [5.41, 5.74) is 2.84. The lowest BCUT2D eigenvalue weighted by molar-refractivity contribution is 0.0947. The Morgan fingerprint density at radius 1 is 1.18 bits per heavy atom. The monoisotopic (exact) mass is 311 g/mol. The van der Waals surface area contributed by atoms with Crippen LogP contribution < -0.4 is 5.32 Å². The molecule has 4 heteroatoms. The van der Waals surface area contributed by atoms with Crippen LogP contribution in [0.2, 0.25) is 0 Å². The Morgan fingerprint density at radius 3 is 2.77 bits per heavy atom. The maximum atomic E-state index is 12.2. The van der Waals surface area contributed by atoms with Gasteiger partial charge in [-0.05, 0) is 49.1 Å². The Morgan fingerprint density at radius 2 is 2.05 bits per heavy atom. The van der Waals surface area contributed by atoms with Crippen LogP contribution in [0.25, 0.3) is 10.6 Å². The summed E-state index contributed by atoms with van der Waals surface area (Å²) in [7, 11) is 0. The van der Waals surface area contributed by atoms with Gasteiger partial charge in [0.25, 0.3) is 5.91 Å². The van der Waals surface area contributed by atoms with Gasteiger partial charge >= 0.3 is 0 Å². The van der Waals surface area contributed by atoms with E-state index < -0.39 is 0 Å². The molecule has 3 rings (SSSR count). The SMILES string of the molecule is Cc1ccc(C(=O)NCc2ccc(-c3cccs3)o2)c(C)c1. The maximum absolute atomic E-state index is 12.2. The highest BCUT2D eigenvalue weighted by Gasteiger charge is 2.10. The van der Waals surface area contributed by atoms with Crippen molar-refractivity contribution >= 4 is 17.2 Å². The van der Waals surface area contributed by atoms with Gasteiger partial charge in [-0.25, -0.2) is 0 Å². The number of aryl methyl sites for hydroxylation is 2. The predicted molar refractivity (Wildman–Crippen MR) is 89.1 cm³/mol. The highest BCUT2D eigenvalue weighted by atomic mass is 32.1. The molecular weight excluding hydrogens is 294 g/mol. The Balaban J connectivity index is 1.66. The summed E-state index contributed by atoms with van der Waals surface area (Å²) in [6.07, 6.45) is 0. The number of benzene rings is 1. The van der Waals surface area contributed by atoms with Gasteiger partial charge in [-0.15, -0.1) is 11.3 Å². The fourth-order valence-corrected chi connectivity index (χ4v) is 3.04. The second-order valence-electron chi connectivity index (χ2n) is 5.24. The van der Waals surface area contributed by atoms with Crippen molar-refractivity contribution in [3.63, 3.8) is 0 Å². The van der Waals surface area contributed by atoms with Gasteiger partial charge in [0.05, 0.1) is 11.4 Å². The van der Waals surface area contributed by atoms with E-state index in [1.54, 1.807) is 11.3 Å². The van der Waals surface area contributed by atoms with Crippen molar-refractivity contribution < 1.29 is 9.21 Å². The molecule has 0 bridgehead atoms. The Bertz CT molecular complexity index is 787. The highest BCUT2D eigenvalue weighted by Crippen LogP contribution is 2.26. The molecule has 0 aliphatic rings. The van der Waals surface area contributed by atoms with Crippen LogP contribution in [0.4, 0.5) is 0 Å². The van der Waals surface area contributed by atoms with Crippen LogP contribution in [0.1, 0.15) is 27.2 Å². The average molecular weight is 311 g/mol. The molecule has 22 heavy (non-hydrogen) atoms. The van der Waals surface area contributed by atoms with E-state index in [1.165, 1.54) is 0 Å². The first-order valence-corrected chi connectivity index (χ1v) is 7.99. The van der Waals surface area contributed by atoms with E-state index in [0.717, 1.165) is 27.5 Å². The van der Waals surface area contributed by atoms with E-state index in [1.807, 2.05) is 61.7 Å². The second-order valence-corrected chi connectivity index (χ2v) is 6.19. The second kappa shape index (κ2) is 6.20. The number of thiophene rings is 1. The fraction of sp³-hybridized carbons (Fsp3) is 0.167. The molecule has 3 nitrogen and oxygen atoms in total. The van der Waals surface area contributed by atoms with Crippen molar-refractivity contribution in [2.75, 3.05) is 0 Å². The van der Waals surface area contributed by atoms with E-state index in [0.29, 0.717) is 12.1 Å². The van der Waals surface area contributed by atoms with Gasteiger partial charge in [0, 0.05) is 5.56 Å². The first kappa shape index (κ1) is 14.6. The van der Waals surface area contributed by atoms with Gasteiger partial charge in [-0.2, -0.15) is 0 Å². The van der Waals surface area contributed by atoms with Crippen molar-refractivity contribution in [1.29, 1.82) is 0 Å². The molecule has 0 fully saturated rings. The summed E-state index contributed by atoms with van der Waals surface area (Å²) in [6.45, 7) is 4.35. The van der Waals surface area contributed by atoms with Crippen molar-refractivity contribution in [3.05, 3.63) is 70.3 Å². The minimum atomic E-state index is -0.0772. The molecule has 0 spiro atoms. The van der Waals surface area contributed by atoms with Crippen molar-refractivity contribution in [2.45, 2.75) is 20.4 Å². The molecule has 0 aliphatic heterocycles. The number of amides is 1. The number of carbonyl (C=O) groups excluding carboxylic acids is 1. The molecule has 2 heterocycles. The van der Waals surface area contributed by atoms with E-state index in [2.05, 4.69) is 5.32 Å². The van der Waals surface area contributed by atoms with Crippen LogP contribution in [-0.2, 0) is 6.54 Å². The number of hydrogen-bond donors (Lipinski definition) is 1. The van der Waals surface area contributed by atoms with Crippen LogP contribution >= 0.6 is 11.3 Å². The highest BCUT2D eigenvalue weighted by molar-refractivity contribution is 7.13. The average Bonchev–Trinajstić information content (AvgIpc) is 3.16. The summed E-state index contributed by atoms with van der Waals surface area (Å²) in [5.74, 6) is 1.51. The molecule has 2 aromatic heterocycles. The number of nitrogens with one attached hydrogen (secondary N) is 1. The van der Waals surface area contributed by atoms with Gasteiger partial charge in [-0.3, -0.25) is 4.79 Å². The molecule has 3 aromatic rings. The molecule has 0 unspecified atom stereocenters. The van der Waals surface area contributed by atoms with E-state index in [-0.39, 0.29) is 5.91 Å². The third kappa shape index (κ3) is 3.12. The van der Waals surface area contributed by atoms with E-state index in [9.17, 15) is 4.79 Å². The van der Waals surface area contributed by atoms with Crippen LogP contribution in [0.5, 0.6) is 0 Å². The van der Waals surface area contributed by atoms with Crippen LogP contribution in [0.15, 0.2) is 52.3 Å². The lowest BCUT2D eigenvalue weighted by Crippen LogP contribution is -2.23. The normalized spacial score (nSPS) is 10.6. The van der Waals surface area contributed by atoms with E-state index >= 15 is 0 Å². The zero-order valence-electron chi connectivity index (χ0n) is 12.6. The molecule has 0 atom stereocenters. The number of carbonyl (C=O) groups is 1. The third-order valence-electron chi connectivity index (χ3n) is 3.48. The molecule has 0 aliphatic carbocycles. The fourth-order valence-electron chi connectivity index (χ4n) is 2.36. The first-order valence-electron chi connectivity index (χ1n) is 7.11. The molecule has 0 saturated heterocycles. The van der Waals surface area contributed by atoms with Crippen LogP contribution in [0.3, 0.4) is 0 Å². The third-order valence-corrected chi connectivity index (χ3v) is 4.36. The molecule has 0 radical (unpaired) electrons. The van der Waals surface area contributed by atoms with Gasteiger partial charge in [0.2, 0.25) is 0 Å². The Labute approximate surface area is 133 Å². The minimum Gasteiger partial charge on any atom is -0.458 e. The molecule has 0 saturated carbocycles. The first-order chi connectivity index (χ1) is 10.6. The Hall–Kier alpha value is -2.33. The van der Waals surface area contributed by atoms with Gasteiger partial charge in [-0.1, -0.05) is 23.8 Å². The van der Waals surface area contributed by atoms with Crippen molar-refractivity contribution in [2.24, 2.45) is 0 Å². The van der Waals surface area contributed by atoms with Gasteiger partial charge in [0.15, 0.2) is 0 Å². The number of rotatable bonds is 4. The lowest BCUT2D eigenvalue weighted by Gasteiger charge is -2.07. The maximum Gasteiger partial charge on any atom is 0.251 e. The van der Waals surface area contributed by atoms with Crippen LogP contribution in [-0.4, -0.2) is 5.91 Å². The summed E-state index contributed by atoms with van der Waals surface area (Å²) < 4.78 is 5.76. The smallest absolute Gasteiger partial charge is 0.251 e. The quantitative estimate of drug-likeness (QED) is 0.767. The molecule has 1 N–H and O–H groups in total. The number of furan rings is 1. The largest absolute Gasteiger partial charge is 0.458 e. The topological polar surface area (TPSA) is 42.2 Å². The lowest BCUT2D eigenvalue weighted by atomic mass is 10.1. The molecule has 1 amide bonds. The van der Waals surface area contributed by atoms with Crippen LogP contribution in [0, 0.1) is 13.8 Å². The summed E-state index contributed by atoms with van der Waals surface area (Å²) in [6, 6.07) is 13.7. The van der Waals surface area contributed by atoms with Gasteiger partial charge in [0.1, 0.15) is 11.5 Å². The summed E-state index contributed by atoms with van der Waals surface area (Å²) >= 11 is 1.63. The molecular formula is C18H17NO2S. The standard InChI is InChI=1S/C18H17NO2S/c1-12-5-7-15(13(2)10-12)18(20)19-11-14-6-8-16(21-14)17-4-3-9-22-17/h3-10H,11H2,1-2H3,(H,19,20). The van der Waals surface area contributed by atoms with E-state index in [4.69, 9.17) is 4.42 Å². The van der Waals surface area contributed by atoms with Crippen molar-refractivity contribution in [1.82, 2.24) is 5.32 Å². The van der Waals surface area contributed by atoms with Crippen molar-refractivity contribution in [3.8, 4) is 10.6 Å². The molecule has 112 valence electrons.